The highest BCUT2D eigenvalue weighted by Crippen LogP contribution is 2.40. The van der Waals surface area contributed by atoms with E-state index in [1.165, 1.54) is 18.7 Å². The summed E-state index contributed by atoms with van der Waals surface area (Å²) in [5, 5.41) is 10.5. The number of aromatic nitrogens is 2. The molecule has 0 aliphatic carbocycles. The second-order valence-electron chi connectivity index (χ2n) is 6.54. The number of halogens is 2. The second kappa shape index (κ2) is 6.68. The number of fused-ring (bicyclic) bond motifs is 1. The SMILES string of the molecule is COc1cc(-c2nc(N)nc3c2CN(C(=O)C(C)(C)O)C3)c(Cl)cc1Br. The Labute approximate surface area is 164 Å². The van der Waals surface area contributed by atoms with Crippen molar-refractivity contribution in [1.29, 1.82) is 0 Å². The van der Waals surface area contributed by atoms with Gasteiger partial charge in [-0.2, -0.15) is 0 Å². The van der Waals surface area contributed by atoms with Crippen LogP contribution < -0.4 is 10.5 Å². The van der Waals surface area contributed by atoms with Crippen molar-refractivity contribution in [2.75, 3.05) is 12.8 Å². The van der Waals surface area contributed by atoms with E-state index in [1.54, 1.807) is 19.2 Å². The molecular weight excluding hydrogens is 424 g/mol. The van der Waals surface area contributed by atoms with Gasteiger partial charge < -0.3 is 20.5 Å². The number of rotatable bonds is 3. The molecule has 138 valence electrons. The van der Waals surface area contributed by atoms with Crippen LogP contribution in [0.15, 0.2) is 16.6 Å². The van der Waals surface area contributed by atoms with E-state index in [1.807, 2.05) is 0 Å². The van der Waals surface area contributed by atoms with E-state index in [-0.39, 0.29) is 24.9 Å². The van der Waals surface area contributed by atoms with Crippen molar-refractivity contribution in [3.63, 3.8) is 0 Å². The van der Waals surface area contributed by atoms with Gasteiger partial charge in [0.05, 0.1) is 41.1 Å². The lowest BCUT2D eigenvalue weighted by molar-refractivity contribution is -0.148. The van der Waals surface area contributed by atoms with Gasteiger partial charge in [-0.25, -0.2) is 9.97 Å². The molecule has 9 heteroatoms. The van der Waals surface area contributed by atoms with Crippen molar-refractivity contribution >= 4 is 39.4 Å². The summed E-state index contributed by atoms with van der Waals surface area (Å²) in [6, 6.07) is 3.48. The molecule has 2 heterocycles. The fourth-order valence-electron chi connectivity index (χ4n) is 2.89. The Bertz CT molecular complexity index is 899. The molecule has 0 unspecified atom stereocenters. The largest absolute Gasteiger partial charge is 0.496 e. The Morgan fingerprint density at radius 3 is 2.69 bits per heavy atom. The minimum atomic E-state index is -1.47. The number of carbonyl (C=O) groups is 1. The molecule has 1 aromatic carbocycles. The van der Waals surface area contributed by atoms with Gasteiger partial charge in [0.2, 0.25) is 5.95 Å². The molecular formula is C17H18BrClN4O3. The molecule has 0 spiro atoms. The lowest BCUT2D eigenvalue weighted by atomic mass is 10.1. The number of carbonyl (C=O) groups excluding carboxylic acids is 1. The zero-order chi connectivity index (χ0) is 19.2. The minimum absolute atomic E-state index is 0.0919. The molecule has 0 atom stereocenters. The number of nitrogens with two attached hydrogens (primary N) is 1. The predicted molar refractivity (Wildman–Crippen MR) is 102 cm³/mol. The van der Waals surface area contributed by atoms with Crippen LogP contribution in [0.3, 0.4) is 0 Å². The summed E-state index contributed by atoms with van der Waals surface area (Å²) < 4.78 is 6.05. The average molecular weight is 442 g/mol. The van der Waals surface area contributed by atoms with Gasteiger partial charge in [-0.15, -0.1) is 0 Å². The second-order valence-corrected chi connectivity index (χ2v) is 7.80. The predicted octanol–water partition coefficient (Wildman–Crippen LogP) is 2.76. The number of aliphatic hydroxyl groups is 1. The summed E-state index contributed by atoms with van der Waals surface area (Å²) in [6.45, 7) is 3.43. The van der Waals surface area contributed by atoms with Gasteiger partial charge in [-0.3, -0.25) is 4.79 Å². The topological polar surface area (TPSA) is 102 Å². The van der Waals surface area contributed by atoms with Gasteiger partial charge in [-0.1, -0.05) is 11.6 Å². The molecule has 1 aromatic heterocycles. The highest BCUT2D eigenvalue weighted by Gasteiger charge is 2.35. The van der Waals surface area contributed by atoms with Crippen LogP contribution in [0.2, 0.25) is 5.02 Å². The number of benzene rings is 1. The molecule has 0 radical (unpaired) electrons. The molecule has 0 saturated heterocycles. The number of anilines is 1. The van der Waals surface area contributed by atoms with Crippen LogP contribution >= 0.6 is 27.5 Å². The van der Waals surface area contributed by atoms with E-state index in [9.17, 15) is 9.90 Å². The number of methoxy groups -OCH3 is 1. The van der Waals surface area contributed by atoms with E-state index in [2.05, 4.69) is 25.9 Å². The number of nitrogens with zero attached hydrogens (tertiary/aromatic N) is 3. The molecule has 26 heavy (non-hydrogen) atoms. The monoisotopic (exact) mass is 440 g/mol. The Kier molecular flexibility index (Phi) is 4.85. The quantitative estimate of drug-likeness (QED) is 0.759. The summed E-state index contributed by atoms with van der Waals surface area (Å²) in [4.78, 5) is 22.5. The van der Waals surface area contributed by atoms with E-state index in [4.69, 9.17) is 22.1 Å². The van der Waals surface area contributed by atoms with Crippen molar-refractivity contribution in [2.45, 2.75) is 32.5 Å². The first kappa shape index (κ1) is 18.9. The van der Waals surface area contributed by atoms with Crippen LogP contribution in [-0.4, -0.2) is 38.6 Å². The molecule has 1 aliphatic heterocycles. The van der Waals surface area contributed by atoms with Crippen molar-refractivity contribution in [3.05, 3.63) is 32.9 Å². The third kappa shape index (κ3) is 3.36. The van der Waals surface area contributed by atoms with E-state index in [0.717, 1.165) is 5.56 Å². The zero-order valence-corrected chi connectivity index (χ0v) is 16.8. The molecule has 3 N–H and O–H groups in total. The highest BCUT2D eigenvalue weighted by molar-refractivity contribution is 9.10. The van der Waals surface area contributed by atoms with Crippen LogP contribution in [0.25, 0.3) is 11.3 Å². The Balaban J connectivity index is 2.10. The fraction of sp³-hybridized carbons (Fsp3) is 0.353. The standard InChI is InChI=1S/C17H18BrClN4O3/c1-17(2,25)15(24)23-6-9-12(7-23)21-16(20)22-14(9)8-4-13(26-3)10(18)5-11(8)19/h4-5,25H,6-7H2,1-3H3,(H2,20,21,22). The maximum absolute atomic E-state index is 12.4. The van der Waals surface area contributed by atoms with Gasteiger partial charge in [0.15, 0.2) is 0 Å². The summed E-state index contributed by atoms with van der Waals surface area (Å²) in [5.41, 5.74) is 6.97. The third-order valence-electron chi connectivity index (χ3n) is 4.11. The summed E-state index contributed by atoms with van der Waals surface area (Å²) in [7, 11) is 1.56. The van der Waals surface area contributed by atoms with E-state index in [0.29, 0.717) is 32.2 Å². The summed E-state index contributed by atoms with van der Waals surface area (Å²) in [5.74, 6) is 0.298. The van der Waals surface area contributed by atoms with Crippen LogP contribution in [0, 0.1) is 0 Å². The van der Waals surface area contributed by atoms with Gasteiger partial charge in [0, 0.05) is 11.1 Å². The Hall–Kier alpha value is -1.90. The number of amides is 1. The molecule has 0 saturated carbocycles. The van der Waals surface area contributed by atoms with Gasteiger partial charge >= 0.3 is 0 Å². The highest BCUT2D eigenvalue weighted by atomic mass is 79.9. The number of hydrogen-bond donors (Lipinski definition) is 2. The first-order chi connectivity index (χ1) is 12.1. The lowest BCUT2D eigenvalue weighted by Crippen LogP contribution is -2.42. The molecule has 3 rings (SSSR count). The van der Waals surface area contributed by atoms with Crippen LogP contribution in [0.4, 0.5) is 5.95 Å². The summed E-state index contributed by atoms with van der Waals surface area (Å²) >= 11 is 9.80. The zero-order valence-electron chi connectivity index (χ0n) is 14.5. The molecule has 0 bridgehead atoms. The average Bonchev–Trinajstić information content (AvgIpc) is 2.96. The van der Waals surface area contributed by atoms with Crippen molar-refractivity contribution < 1.29 is 14.6 Å². The molecule has 1 amide bonds. The molecule has 0 fully saturated rings. The third-order valence-corrected chi connectivity index (χ3v) is 5.04. The fourth-order valence-corrected chi connectivity index (χ4v) is 3.78. The summed E-state index contributed by atoms with van der Waals surface area (Å²) in [6.07, 6.45) is 0. The number of hydrogen-bond acceptors (Lipinski definition) is 6. The van der Waals surface area contributed by atoms with Crippen LogP contribution in [0.5, 0.6) is 5.75 Å². The van der Waals surface area contributed by atoms with E-state index >= 15 is 0 Å². The van der Waals surface area contributed by atoms with E-state index < -0.39 is 5.60 Å². The first-order valence-electron chi connectivity index (χ1n) is 7.82. The van der Waals surface area contributed by atoms with Gasteiger partial charge in [-0.05, 0) is 41.9 Å². The molecule has 2 aromatic rings. The minimum Gasteiger partial charge on any atom is -0.496 e. The maximum atomic E-state index is 12.4. The molecule has 1 aliphatic rings. The maximum Gasteiger partial charge on any atom is 0.254 e. The normalized spacial score (nSPS) is 13.7. The smallest absolute Gasteiger partial charge is 0.254 e. The number of ether oxygens (including phenoxy) is 1. The first-order valence-corrected chi connectivity index (χ1v) is 8.99. The van der Waals surface area contributed by atoms with Crippen LogP contribution in [0.1, 0.15) is 25.1 Å². The Morgan fingerprint density at radius 1 is 1.38 bits per heavy atom. The van der Waals surface area contributed by atoms with Crippen molar-refractivity contribution in [1.82, 2.24) is 14.9 Å². The van der Waals surface area contributed by atoms with Gasteiger partial charge in [0.1, 0.15) is 11.4 Å². The van der Waals surface area contributed by atoms with Gasteiger partial charge in [0.25, 0.3) is 5.91 Å². The van der Waals surface area contributed by atoms with Crippen molar-refractivity contribution in [3.8, 4) is 17.0 Å². The van der Waals surface area contributed by atoms with Crippen LogP contribution in [-0.2, 0) is 17.9 Å². The number of nitrogen functional groups attached to an aromatic ring is 1. The lowest BCUT2D eigenvalue weighted by Gasteiger charge is -2.24. The Morgan fingerprint density at radius 2 is 2.08 bits per heavy atom. The molecule has 7 nitrogen and oxygen atoms in total. The van der Waals surface area contributed by atoms with Crippen molar-refractivity contribution in [2.24, 2.45) is 0 Å².